The Balaban J connectivity index is 3.52. The number of rotatable bonds is 9. The molecule has 0 bridgehead atoms. The maximum atomic E-state index is 13.0. The number of aliphatic hydroxyl groups is 1. The van der Waals surface area contributed by atoms with Gasteiger partial charge in [0.25, 0.3) is 5.08 Å². The molecule has 25 heavy (non-hydrogen) atoms. The topological polar surface area (TPSA) is 91.3 Å². The Hall–Kier alpha value is -0.303. The molecule has 0 unspecified atom stereocenters. The zero-order valence-corrected chi connectivity index (χ0v) is 18.6. The van der Waals surface area contributed by atoms with Crippen molar-refractivity contribution in [2.24, 2.45) is 0 Å². The fraction of sp³-hybridized carbons (Fsp3) is 0.600. The zero-order valence-electron chi connectivity index (χ0n) is 15.8. The van der Waals surface area contributed by atoms with Crippen LogP contribution in [0.4, 0.5) is 0 Å². The smallest absolute Gasteiger partial charge is 0.367 e. The van der Waals surface area contributed by atoms with Crippen LogP contribution in [0.3, 0.4) is 0 Å². The van der Waals surface area contributed by atoms with Crippen molar-refractivity contribution in [2.75, 3.05) is 28.4 Å². The number of benzene rings is 1. The van der Waals surface area contributed by atoms with E-state index in [1.54, 1.807) is 6.07 Å². The van der Waals surface area contributed by atoms with E-state index in [1.165, 1.54) is 0 Å². The standard InChI is InChI=1S/C15H28O7P2Si/c1-19-23(17,20-2)15(16,24(18,21-3)22-4)12-13-9-8-10-14(11-13)25(5,6)7/h8-11,16H,12H2,1-7H3. The van der Waals surface area contributed by atoms with E-state index >= 15 is 0 Å². The molecule has 1 aromatic rings. The normalized spacial score (nSPS) is 13.9. The molecular weight excluding hydrogens is 382 g/mol. The molecule has 0 aliphatic carbocycles. The van der Waals surface area contributed by atoms with Crippen molar-refractivity contribution >= 4 is 28.5 Å². The monoisotopic (exact) mass is 410 g/mol. The Kier molecular flexibility index (Phi) is 7.41. The SMILES string of the molecule is COP(=O)(OC)C(O)(Cc1cccc([Si](C)(C)C)c1)P(=O)(OC)OC. The molecule has 1 aromatic carbocycles. The van der Waals surface area contributed by atoms with Crippen LogP contribution >= 0.6 is 15.2 Å². The average Bonchev–Trinajstić information content (AvgIpc) is 2.59. The first-order valence-electron chi connectivity index (χ1n) is 7.68. The van der Waals surface area contributed by atoms with Crippen molar-refractivity contribution in [3.63, 3.8) is 0 Å². The van der Waals surface area contributed by atoms with Crippen molar-refractivity contribution in [3.8, 4) is 0 Å². The molecule has 0 heterocycles. The first-order chi connectivity index (χ1) is 11.4. The Morgan fingerprint density at radius 1 is 0.960 bits per heavy atom. The number of hydrogen-bond donors (Lipinski definition) is 1. The Bertz CT molecular complexity index is 645. The lowest BCUT2D eigenvalue weighted by atomic mass is 10.1. The first-order valence-corrected chi connectivity index (χ1v) is 14.3. The highest BCUT2D eigenvalue weighted by molar-refractivity contribution is 7.73. The minimum atomic E-state index is -4.23. The van der Waals surface area contributed by atoms with Crippen LogP contribution < -0.4 is 5.19 Å². The van der Waals surface area contributed by atoms with Crippen LogP contribution in [0.25, 0.3) is 0 Å². The molecule has 0 aliphatic heterocycles. The molecule has 0 amide bonds. The minimum Gasteiger partial charge on any atom is -0.367 e. The summed E-state index contributed by atoms with van der Waals surface area (Å²) in [7, 11) is -5.60. The summed E-state index contributed by atoms with van der Waals surface area (Å²) in [5, 5.41) is 9.84. The average molecular weight is 410 g/mol. The van der Waals surface area contributed by atoms with E-state index < -0.39 is 28.3 Å². The van der Waals surface area contributed by atoms with Crippen LogP contribution in [-0.2, 0) is 33.6 Å². The lowest BCUT2D eigenvalue weighted by Crippen LogP contribution is -2.38. The van der Waals surface area contributed by atoms with Crippen molar-refractivity contribution < 1.29 is 32.3 Å². The van der Waals surface area contributed by atoms with Gasteiger partial charge in [-0.1, -0.05) is 49.1 Å². The third-order valence-electron chi connectivity index (χ3n) is 4.07. The van der Waals surface area contributed by atoms with Crippen LogP contribution in [0.1, 0.15) is 5.56 Å². The predicted octanol–water partition coefficient (Wildman–Crippen LogP) is 3.39. The van der Waals surface area contributed by atoms with Crippen molar-refractivity contribution in [2.45, 2.75) is 31.1 Å². The molecule has 7 nitrogen and oxygen atoms in total. The highest BCUT2D eigenvalue weighted by Crippen LogP contribution is 2.76. The number of hydrogen-bond acceptors (Lipinski definition) is 7. The summed E-state index contributed by atoms with van der Waals surface area (Å²) in [6, 6.07) is 7.51. The van der Waals surface area contributed by atoms with Gasteiger partial charge in [-0.25, -0.2) is 0 Å². The molecule has 0 fully saturated rings. The largest absolute Gasteiger partial charge is 0.374 e. The Morgan fingerprint density at radius 3 is 1.76 bits per heavy atom. The van der Waals surface area contributed by atoms with Gasteiger partial charge in [-0.05, 0) is 5.56 Å². The fourth-order valence-corrected chi connectivity index (χ4v) is 8.11. The van der Waals surface area contributed by atoms with E-state index in [2.05, 4.69) is 19.6 Å². The van der Waals surface area contributed by atoms with E-state index in [4.69, 9.17) is 18.1 Å². The molecule has 0 aliphatic rings. The van der Waals surface area contributed by atoms with Gasteiger partial charge in [0.1, 0.15) is 0 Å². The second-order valence-corrected chi connectivity index (χ2v) is 17.0. The van der Waals surface area contributed by atoms with Crippen molar-refractivity contribution in [3.05, 3.63) is 29.8 Å². The van der Waals surface area contributed by atoms with Gasteiger partial charge in [-0.15, -0.1) is 0 Å². The summed E-state index contributed by atoms with van der Waals surface area (Å²) in [5.41, 5.74) is 0.631. The van der Waals surface area contributed by atoms with Gasteiger partial charge in [-0.3, -0.25) is 9.13 Å². The van der Waals surface area contributed by atoms with Gasteiger partial charge in [-0.2, -0.15) is 0 Å². The summed E-state index contributed by atoms with van der Waals surface area (Å²) in [6.45, 7) is 6.55. The molecule has 1 rings (SSSR count). The van der Waals surface area contributed by atoms with Crippen LogP contribution in [-0.4, -0.2) is 46.7 Å². The lowest BCUT2D eigenvalue weighted by Gasteiger charge is -2.36. The van der Waals surface area contributed by atoms with E-state index in [0.29, 0.717) is 5.56 Å². The summed E-state index contributed by atoms with van der Waals surface area (Å²) in [5.74, 6) is 0. The van der Waals surface area contributed by atoms with E-state index in [1.807, 2.05) is 18.2 Å². The molecule has 0 saturated carbocycles. The molecular formula is C15H28O7P2Si. The highest BCUT2D eigenvalue weighted by atomic mass is 31.2. The molecule has 0 saturated heterocycles. The van der Waals surface area contributed by atoms with Gasteiger partial charge >= 0.3 is 15.2 Å². The van der Waals surface area contributed by atoms with Crippen molar-refractivity contribution in [1.82, 2.24) is 0 Å². The predicted molar refractivity (Wildman–Crippen MR) is 101 cm³/mol. The minimum absolute atomic E-state index is 0.275. The van der Waals surface area contributed by atoms with Crippen LogP contribution in [0.5, 0.6) is 0 Å². The Labute approximate surface area is 150 Å². The molecule has 0 radical (unpaired) electrons. The second kappa shape index (κ2) is 8.15. The van der Waals surface area contributed by atoms with Crippen molar-refractivity contribution in [1.29, 1.82) is 0 Å². The first kappa shape index (κ1) is 22.7. The summed E-state index contributed by atoms with van der Waals surface area (Å²) in [4.78, 5) is 0. The molecule has 0 aromatic heterocycles. The highest BCUT2D eigenvalue weighted by Gasteiger charge is 2.63. The van der Waals surface area contributed by atoms with Gasteiger partial charge in [0.2, 0.25) is 0 Å². The van der Waals surface area contributed by atoms with Gasteiger partial charge in [0.15, 0.2) is 0 Å². The van der Waals surface area contributed by atoms with E-state index in [9.17, 15) is 14.2 Å². The molecule has 1 N–H and O–H groups in total. The third-order valence-corrected chi connectivity index (χ3v) is 11.6. The molecule has 10 heteroatoms. The lowest BCUT2D eigenvalue weighted by molar-refractivity contribution is 0.103. The van der Waals surface area contributed by atoms with Crippen LogP contribution in [0, 0.1) is 0 Å². The van der Waals surface area contributed by atoms with Gasteiger partial charge in [0.05, 0.1) is 8.07 Å². The third kappa shape index (κ3) is 4.34. The van der Waals surface area contributed by atoms with Gasteiger partial charge < -0.3 is 23.2 Å². The van der Waals surface area contributed by atoms with Crippen LogP contribution in [0.15, 0.2) is 24.3 Å². The molecule has 144 valence electrons. The summed E-state index contributed by atoms with van der Waals surface area (Å²) >= 11 is 0. The summed E-state index contributed by atoms with van der Waals surface area (Å²) in [6.07, 6.45) is -0.275. The van der Waals surface area contributed by atoms with Gasteiger partial charge in [0, 0.05) is 34.9 Å². The zero-order chi connectivity index (χ0) is 19.5. The maximum Gasteiger partial charge on any atom is 0.374 e. The van der Waals surface area contributed by atoms with Crippen LogP contribution in [0.2, 0.25) is 19.6 Å². The van der Waals surface area contributed by atoms with E-state index in [0.717, 1.165) is 33.6 Å². The molecule has 0 spiro atoms. The quantitative estimate of drug-likeness (QED) is 0.493. The summed E-state index contributed by atoms with van der Waals surface area (Å²) < 4.78 is 45.7. The second-order valence-electron chi connectivity index (χ2n) is 6.63. The van der Waals surface area contributed by atoms with E-state index in [-0.39, 0.29) is 6.42 Å². The Morgan fingerprint density at radius 2 is 1.40 bits per heavy atom. The molecule has 0 atom stereocenters. The maximum absolute atomic E-state index is 13.0. The fourth-order valence-electron chi connectivity index (χ4n) is 2.50.